The van der Waals surface area contributed by atoms with Gasteiger partial charge in [-0.1, -0.05) is 38.5 Å². The average Bonchev–Trinajstić information content (AvgIpc) is 3.04. The lowest BCUT2D eigenvalue weighted by atomic mass is 9.88. The van der Waals surface area contributed by atoms with E-state index in [2.05, 4.69) is 15.1 Å². The Morgan fingerprint density at radius 1 is 1.00 bits per heavy atom. The van der Waals surface area contributed by atoms with Crippen LogP contribution < -0.4 is 0 Å². The zero-order valence-electron chi connectivity index (χ0n) is 12.2. The quantitative estimate of drug-likeness (QED) is 0.917. The molecule has 1 aromatic heterocycles. The van der Waals surface area contributed by atoms with Crippen molar-refractivity contribution in [3.8, 4) is 0 Å². The lowest BCUT2D eigenvalue weighted by Crippen LogP contribution is -2.48. The first-order chi connectivity index (χ1) is 9.86. The van der Waals surface area contributed by atoms with Gasteiger partial charge in [-0.3, -0.25) is 9.89 Å². The fraction of sp³-hybridized carbons (Fsp3) is 0.750. The van der Waals surface area contributed by atoms with Gasteiger partial charge in [0.1, 0.15) is 0 Å². The topological polar surface area (TPSA) is 49.0 Å². The van der Waals surface area contributed by atoms with E-state index in [9.17, 15) is 4.79 Å². The number of rotatable bonds is 3. The zero-order chi connectivity index (χ0) is 13.8. The average molecular weight is 275 g/mol. The third kappa shape index (κ3) is 2.89. The van der Waals surface area contributed by atoms with Gasteiger partial charge < -0.3 is 4.90 Å². The number of hydrogen-bond donors (Lipinski definition) is 1. The van der Waals surface area contributed by atoms with Crippen LogP contribution in [-0.2, 0) is 0 Å². The maximum atomic E-state index is 12.9. The molecule has 1 N–H and O–H groups in total. The van der Waals surface area contributed by atoms with Gasteiger partial charge >= 0.3 is 0 Å². The van der Waals surface area contributed by atoms with E-state index in [-0.39, 0.29) is 5.91 Å². The summed E-state index contributed by atoms with van der Waals surface area (Å²) in [7, 11) is 0. The van der Waals surface area contributed by atoms with Gasteiger partial charge in [-0.05, 0) is 25.7 Å². The summed E-state index contributed by atoms with van der Waals surface area (Å²) in [6.45, 7) is 0. The molecule has 0 bridgehead atoms. The number of nitrogens with zero attached hydrogens (tertiary/aromatic N) is 2. The van der Waals surface area contributed by atoms with Crippen molar-refractivity contribution in [3.63, 3.8) is 0 Å². The minimum Gasteiger partial charge on any atom is -0.333 e. The smallest absolute Gasteiger partial charge is 0.257 e. The molecule has 20 heavy (non-hydrogen) atoms. The highest BCUT2D eigenvalue weighted by molar-refractivity contribution is 5.94. The molecule has 0 radical (unpaired) electrons. The van der Waals surface area contributed by atoms with Crippen LogP contribution in [0.25, 0.3) is 0 Å². The summed E-state index contributed by atoms with van der Waals surface area (Å²) in [6.07, 6.45) is 15.9. The van der Waals surface area contributed by atoms with Gasteiger partial charge in [0.15, 0.2) is 0 Å². The second-order valence-electron chi connectivity index (χ2n) is 6.28. The molecule has 4 heteroatoms. The maximum Gasteiger partial charge on any atom is 0.257 e. The lowest BCUT2D eigenvalue weighted by Gasteiger charge is -2.41. The van der Waals surface area contributed by atoms with Crippen LogP contribution in [0, 0.1) is 0 Å². The number of H-pyrrole nitrogens is 1. The first-order valence-electron chi connectivity index (χ1n) is 8.17. The Balaban J connectivity index is 1.79. The molecule has 3 rings (SSSR count). The number of carbonyl (C=O) groups excluding carboxylic acids is 1. The van der Waals surface area contributed by atoms with E-state index < -0.39 is 0 Å². The van der Waals surface area contributed by atoms with E-state index in [4.69, 9.17) is 0 Å². The summed E-state index contributed by atoms with van der Waals surface area (Å²) in [5.41, 5.74) is 0.723. The standard InChI is InChI=1S/C16H25N3O/c20-16(13-11-17-18-12-13)19(14-7-3-1-4-8-14)15-9-5-2-6-10-15/h11-12,14-15H,1-10H2,(H,17,18). The minimum atomic E-state index is 0.192. The predicted octanol–water partition coefficient (Wildman–Crippen LogP) is 3.52. The predicted molar refractivity (Wildman–Crippen MR) is 78.5 cm³/mol. The second kappa shape index (κ2) is 6.42. The molecule has 2 fully saturated rings. The molecule has 1 amide bonds. The van der Waals surface area contributed by atoms with Gasteiger partial charge in [-0.25, -0.2) is 0 Å². The van der Waals surface area contributed by atoms with Crippen LogP contribution in [0.4, 0.5) is 0 Å². The normalized spacial score (nSPS) is 21.8. The van der Waals surface area contributed by atoms with Crippen molar-refractivity contribution in [1.82, 2.24) is 15.1 Å². The highest BCUT2D eigenvalue weighted by atomic mass is 16.2. The minimum absolute atomic E-state index is 0.192. The largest absolute Gasteiger partial charge is 0.333 e. The first kappa shape index (κ1) is 13.7. The fourth-order valence-electron chi connectivity index (χ4n) is 3.87. The van der Waals surface area contributed by atoms with Gasteiger partial charge in [0.2, 0.25) is 0 Å². The van der Waals surface area contributed by atoms with Crippen molar-refractivity contribution in [2.45, 2.75) is 76.3 Å². The van der Waals surface area contributed by atoms with Crippen LogP contribution in [0.2, 0.25) is 0 Å². The van der Waals surface area contributed by atoms with Crippen LogP contribution in [0.15, 0.2) is 12.4 Å². The monoisotopic (exact) mass is 275 g/mol. The van der Waals surface area contributed by atoms with Crippen LogP contribution in [0.3, 0.4) is 0 Å². The van der Waals surface area contributed by atoms with Crippen LogP contribution >= 0.6 is 0 Å². The van der Waals surface area contributed by atoms with Crippen LogP contribution in [0.5, 0.6) is 0 Å². The molecule has 110 valence electrons. The number of carbonyl (C=O) groups is 1. The Kier molecular flexibility index (Phi) is 4.38. The van der Waals surface area contributed by atoms with Crippen molar-refractivity contribution in [3.05, 3.63) is 18.0 Å². The number of aromatic nitrogens is 2. The molecular weight excluding hydrogens is 250 g/mol. The molecule has 2 aliphatic rings. The fourth-order valence-corrected chi connectivity index (χ4v) is 3.87. The molecule has 0 spiro atoms. The van der Waals surface area contributed by atoms with E-state index in [1.54, 1.807) is 12.4 Å². The molecule has 0 aliphatic heterocycles. The number of amides is 1. The molecule has 4 nitrogen and oxygen atoms in total. The summed E-state index contributed by atoms with van der Waals surface area (Å²) < 4.78 is 0. The Morgan fingerprint density at radius 2 is 1.55 bits per heavy atom. The summed E-state index contributed by atoms with van der Waals surface area (Å²) in [5.74, 6) is 0.192. The van der Waals surface area contributed by atoms with Gasteiger partial charge in [0, 0.05) is 18.3 Å². The SMILES string of the molecule is O=C(c1cn[nH]c1)N(C1CCCCC1)C1CCCCC1. The Labute approximate surface area is 120 Å². The number of nitrogens with one attached hydrogen (secondary N) is 1. The molecule has 1 aromatic rings. The van der Waals surface area contributed by atoms with E-state index in [0.29, 0.717) is 12.1 Å². The first-order valence-corrected chi connectivity index (χ1v) is 8.17. The highest BCUT2D eigenvalue weighted by Crippen LogP contribution is 2.31. The van der Waals surface area contributed by atoms with Crippen molar-refractivity contribution in [1.29, 1.82) is 0 Å². The Morgan fingerprint density at radius 3 is 2.00 bits per heavy atom. The third-order valence-corrected chi connectivity index (χ3v) is 4.92. The lowest BCUT2D eigenvalue weighted by molar-refractivity contribution is 0.0448. The summed E-state index contributed by atoms with van der Waals surface area (Å²) >= 11 is 0. The molecule has 2 aliphatic carbocycles. The van der Waals surface area contributed by atoms with Crippen LogP contribution in [-0.4, -0.2) is 33.1 Å². The van der Waals surface area contributed by atoms with Crippen molar-refractivity contribution in [2.75, 3.05) is 0 Å². The zero-order valence-corrected chi connectivity index (χ0v) is 12.2. The molecule has 0 atom stereocenters. The van der Waals surface area contributed by atoms with Crippen molar-refractivity contribution in [2.24, 2.45) is 0 Å². The number of aromatic amines is 1. The Hall–Kier alpha value is -1.32. The molecule has 0 saturated heterocycles. The van der Waals surface area contributed by atoms with Gasteiger partial charge in [0.25, 0.3) is 5.91 Å². The van der Waals surface area contributed by atoms with E-state index in [0.717, 1.165) is 5.56 Å². The maximum absolute atomic E-state index is 12.9. The van der Waals surface area contributed by atoms with E-state index >= 15 is 0 Å². The highest BCUT2D eigenvalue weighted by Gasteiger charge is 2.33. The molecule has 0 unspecified atom stereocenters. The summed E-state index contributed by atoms with van der Waals surface area (Å²) in [6, 6.07) is 0.906. The Bertz CT molecular complexity index is 399. The molecule has 1 heterocycles. The van der Waals surface area contributed by atoms with E-state index in [1.807, 2.05) is 0 Å². The summed E-state index contributed by atoms with van der Waals surface area (Å²) in [5, 5.41) is 6.72. The van der Waals surface area contributed by atoms with Crippen molar-refractivity contribution >= 4 is 5.91 Å². The molecule has 2 saturated carbocycles. The van der Waals surface area contributed by atoms with E-state index in [1.165, 1.54) is 64.2 Å². The van der Waals surface area contributed by atoms with Crippen LogP contribution in [0.1, 0.15) is 74.6 Å². The van der Waals surface area contributed by atoms with Crippen molar-refractivity contribution < 1.29 is 4.79 Å². The molecule has 0 aromatic carbocycles. The van der Waals surface area contributed by atoms with Gasteiger partial charge in [-0.15, -0.1) is 0 Å². The second-order valence-corrected chi connectivity index (χ2v) is 6.28. The number of hydrogen-bond acceptors (Lipinski definition) is 2. The third-order valence-electron chi connectivity index (χ3n) is 4.92. The van der Waals surface area contributed by atoms with Gasteiger partial charge in [-0.2, -0.15) is 5.10 Å². The van der Waals surface area contributed by atoms with Gasteiger partial charge in [0.05, 0.1) is 11.8 Å². The molecular formula is C16H25N3O. The summed E-state index contributed by atoms with van der Waals surface area (Å²) in [4.78, 5) is 15.1.